The fourth-order valence-corrected chi connectivity index (χ4v) is 4.21. The number of hydrogen-bond acceptors (Lipinski definition) is 6. The van der Waals surface area contributed by atoms with Crippen LogP contribution in [0.25, 0.3) is 11.1 Å². The largest absolute Gasteiger partial charge is 0.454 e. The van der Waals surface area contributed by atoms with Gasteiger partial charge in [-0.25, -0.2) is 0 Å². The molecule has 2 aliphatic rings. The van der Waals surface area contributed by atoms with Crippen molar-refractivity contribution in [1.29, 1.82) is 0 Å². The van der Waals surface area contributed by atoms with Gasteiger partial charge in [-0.3, -0.25) is 4.79 Å². The predicted molar refractivity (Wildman–Crippen MR) is 151 cm³/mol. The molecule has 1 aliphatic heterocycles. The Bertz CT molecular complexity index is 1200. The van der Waals surface area contributed by atoms with Crippen molar-refractivity contribution in [3.05, 3.63) is 71.8 Å². The number of ether oxygens (including phenoxy) is 2. The molecule has 7 N–H and O–H groups in total. The Morgan fingerprint density at radius 2 is 1.62 bits per heavy atom. The number of amides is 1. The number of aryl methyl sites for hydroxylation is 1. The molecular formula is C28H37N3O5S. The molecule has 1 saturated carbocycles. The lowest BCUT2D eigenvalue weighted by atomic mass is 9.94. The number of likely N-dealkylation sites (N-methyl/N-ethyl adjacent to an activating group) is 1. The summed E-state index contributed by atoms with van der Waals surface area (Å²) >= 11 is 4.35. The highest BCUT2D eigenvalue weighted by atomic mass is 32.1. The van der Waals surface area contributed by atoms with E-state index in [2.05, 4.69) is 28.9 Å². The van der Waals surface area contributed by atoms with Crippen molar-refractivity contribution >= 4 is 24.2 Å². The Labute approximate surface area is 223 Å². The van der Waals surface area contributed by atoms with E-state index in [9.17, 15) is 4.79 Å². The van der Waals surface area contributed by atoms with Crippen LogP contribution in [0.4, 0.5) is 5.69 Å². The number of carbonyl (C=O) groups is 1. The third kappa shape index (κ3) is 7.03. The number of hydrogen-bond donors (Lipinski definition) is 3. The molecule has 0 unspecified atom stereocenters. The van der Waals surface area contributed by atoms with Gasteiger partial charge in [-0.2, -0.15) is 0 Å². The predicted octanol–water partition coefficient (Wildman–Crippen LogP) is 3.21. The SMILES string of the molecule is CN(C)CCN.Cc1ccc(-c2ccc(S)cc2)cc1NC(=O)C1(c2ccc3c(c2)OCO3)CC1.O.O. The molecule has 0 saturated heterocycles. The molecule has 1 heterocycles. The van der Waals surface area contributed by atoms with E-state index in [4.69, 9.17) is 15.2 Å². The summed E-state index contributed by atoms with van der Waals surface area (Å²) in [6, 6.07) is 20.0. The number of fused-ring (bicyclic) bond motifs is 1. The number of anilines is 1. The van der Waals surface area contributed by atoms with E-state index in [0.717, 1.165) is 64.5 Å². The number of benzene rings is 3. The van der Waals surface area contributed by atoms with Crippen LogP contribution < -0.4 is 20.5 Å². The van der Waals surface area contributed by atoms with Gasteiger partial charge >= 0.3 is 0 Å². The molecule has 9 heteroatoms. The number of nitrogens with two attached hydrogens (primary N) is 1. The summed E-state index contributed by atoms with van der Waals surface area (Å²) in [5, 5.41) is 3.17. The van der Waals surface area contributed by atoms with E-state index in [1.807, 2.05) is 75.6 Å². The quantitative estimate of drug-likeness (QED) is 0.422. The standard InChI is InChI=1S/C24H21NO3S.C4H12N2.2H2O/c1-15-2-3-17(16-4-7-19(29)8-5-16)12-20(15)25-23(26)24(10-11-24)18-6-9-21-22(13-18)28-14-27-21;1-6(2)4-3-5;;/h2-9,12-13,29H,10-11,14H2,1H3,(H,25,26);3-5H2,1-2H3;2*1H2. The van der Waals surface area contributed by atoms with Crippen LogP contribution in [0, 0.1) is 6.92 Å². The monoisotopic (exact) mass is 527 g/mol. The lowest BCUT2D eigenvalue weighted by Gasteiger charge is -2.18. The van der Waals surface area contributed by atoms with Crippen LogP contribution in [0.1, 0.15) is 24.0 Å². The molecule has 3 aromatic carbocycles. The smallest absolute Gasteiger partial charge is 0.235 e. The number of nitrogens with zero attached hydrogens (tertiary/aromatic N) is 1. The van der Waals surface area contributed by atoms with Gasteiger partial charge in [-0.05, 0) is 86.4 Å². The zero-order valence-electron chi connectivity index (χ0n) is 21.5. The molecule has 0 aromatic heterocycles. The van der Waals surface area contributed by atoms with Gasteiger partial charge in [0.2, 0.25) is 12.7 Å². The first kappa shape index (κ1) is 30.1. The van der Waals surface area contributed by atoms with Crippen LogP contribution in [-0.4, -0.2) is 55.7 Å². The topological polar surface area (TPSA) is 140 Å². The molecule has 0 radical (unpaired) electrons. The highest BCUT2D eigenvalue weighted by Gasteiger charge is 2.51. The molecule has 1 aliphatic carbocycles. The molecule has 5 rings (SSSR count). The summed E-state index contributed by atoms with van der Waals surface area (Å²) < 4.78 is 10.9. The Balaban J connectivity index is 0.000000543. The maximum Gasteiger partial charge on any atom is 0.235 e. The minimum atomic E-state index is -0.489. The number of carbonyl (C=O) groups excluding carboxylic acids is 1. The van der Waals surface area contributed by atoms with E-state index in [1.165, 1.54) is 0 Å². The Morgan fingerprint density at radius 3 is 2.22 bits per heavy atom. The van der Waals surface area contributed by atoms with Crippen molar-refractivity contribution in [3.8, 4) is 22.6 Å². The molecule has 0 atom stereocenters. The first-order valence-corrected chi connectivity index (χ1v) is 12.2. The van der Waals surface area contributed by atoms with Gasteiger partial charge in [-0.1, -0.05) is 30.3 Å². The Hall–Kier alpha value is -3.08. The van der Waals surface area contributed by atoms with Crippen molar-refractivity contribution in [2.45, 2.75) is 30.1 Å². The lowest BCUT2D eigenvalue weighted by Crippen LogP contribution is -2.28. The third-order valence-corrected chi connectivity index (χ3v) is 6.67. The summed E-state index contributed by atoms with van der Waals surface area (Å²) in [4.78, 5) is 16.2. The molecular weight excluding hydrogens is 490 g/mol. The number of thiol groups is 1. The van der Waals surface area contributed by atoms with E-state index in [1.54, 1.807) is 0 Å². The van der Waals surface area contributed by atoms with Gasteiger partial charge < -0.3 is 36.4 Å². The highest BCUT2D eigenvalue weighted by Crippen LogP contribution is 2.51. The maximum atomic E-state index is 13.2. The fourth-order valence-electron chi connectivity index (χ4n) is 4.06. The van der Waals surface area contributed by atoms with Crippen molar-refractivity contribution in [2.24, 2.45) is 5.73 Å². The van der Waals surface area contributed by atoms with Crippen molar-refractivity contribution in [2.75, 3.05) is 39.3 Å². The lowest BCUT2D eigenvalue weighted by molar-refractivity contribution is -0.118. The first-order valence-electron chi connectivity index (χ1n) is 11.8. The highest BCUT2D eigenvalue weighted by molar-refractivity contribution is 7.80. The summed E-state index contributed by atoms with van der Waals surface area (Å²) in [6.07, 6.45) is 1.67. The average molecular weight is 528 g/mol. The van der Waals surface area contributed by atoms with Crippen LogP contribution in [0.3, 0.4) is 0 Å². The molecule has 1 amide bonds. The van der Waals surface area contributed by atoms with E-state index < -0.39 is 5.41 Å². The van der Waals surface area contributed by atoms with E-state index in [-0.39, 0.29) is 23.7 Å². The number of nitrogens with one attached hydrogen (secondary N) is 1. The minimum absolute atomic E-state index is 0. The van der Waals surface area contributed by atoms with Gasteiger partial charge in [-0.15, -0.1) is 12.6 Å². The van der Waals surface area contributed by atoms with E-state index in [0.29, 0.717) is 5.75 Å². The first-order chi connectivity index (χ1) is 16.8. The Morgan fingerprint density at radius 1 is 0.973 bits per heavy atom. The van der Waals surface area contributed by atoms with Gasteiger partial charge in [0.25, 0.3) is 0 Å². The maximum absolute atomic E-state index is 13.2. The average Bonchev–Trinajstić information content (AvgIpc) is 3.52. The molecule has 37 heavy (non-hydrogen) atoms. The zero-order valence-corrected chi connectivity index (χ0v) is 22.4. The van der Waals surface area contributed by atoms with Crippen molar-refractivity contribution < 1.29 is 25.2 Å². The van der Waals surface area contributed by atoms with Gasteiger partial charge in [0.15, 0.2) is 11.5 Å². The Kier molecular flexibility index (Phi) is 10.5. The van der Waals surface area contributed by atoms with Gasteiger partial charge in [0.1, 0.15) is 0 Å². The second kappa shape index (κ2) is 12.9. The van der Waals surface area contributed by atoms with Crippen molar-refractivity contribution in [1.82, 2.24) is 4.90 Å². The second-order valence-electron chi connectivity index (χ2n) is 9.27. The van der Waals surface area contributed by atoms with Crippen LogP contribution in [0.5, 0.6) is 11.5 Å². The van der Waals surface area contributed by atoms with Crippen LogP contribution in [-0.2, 0) is 10.2 Å². The molecule has 8 nitrogen and oxygen atoms in total. The molecule has 3 aromatic rings. The van der Waals surface area contributed by atoms with Gasteiger partial charge in [0.05, 0.1) is 5.41 Å². The number of rotatable bonds is 6. The molecule has 1 fully saturated rings. The summed E-state index contributed by atoms with van der Waals surface area (Å²) in [6.45, 7) is 3.99. The summed E-state index contributed by atoms with van der Waals surface area (Å²) in [7, 11) is 4.01. The van der Waals surface area contributed by atoms with Crippen LogP contribution >= 0.6 is 12.6 Å². The third-order valence-electron chi connectivity index (χ3n) is 6.37. The summed E-state index contributed by atoms with van der Waals surface area (Å²) in [5.41, 5.74) is 9.72. The van der Waals surface area contributed by atoms with Gasteiger partial charge in [0, 0.05) is 23.7 Å². The molecule has 0 bridgehead atoms. The van der Waals surface area contributed by atoms with E-state index >= 15 is 0 Å². The minimum Gasteiger partial charge on any atom is -0.454 e. The molecule has 200 valence electrons. The van der Waals surface area contributed by atoms with Crippen LogP contribution in [0.2, 0.25) is 0 Å². The fraction of sp³-hybridized carbons (Fsp3) is 0.321. The zero-order chi connectivity index (χ0) is 25.0. The molecule has 0 spiro atoms. The van der Waals surface area contributed by atoms with Crippen molar-refractivity contribution in [3.63, 3.8) is 0 Å². The summed E-state index contributed by atoms with van der Waals surface area (Å²) in [5.74, 6) is 1.48. The van der Waals surface area contributed by atoms with Crippen LogP contribution in [0.15, 0.2) is 65.6 Å². The second-order valence-corrected chi connectivity index (χ2v) is 9.79. The normalized spacial score (nSPS) is 14.0.